The van der Waals surface area contributed by atoms with Crippen LogP contribution in [-0.2, 0) is 9.53 Å². The van der Waals surface area contributed by atoms with E-state index in [1.54, 1.807) is 24.3 Å². The van der Waals surface area contributed by atoms with Crippen molar-refractivity contribution >= 4 is 12.0 Å². The highest BCUT2D eigenvalue weighted by atomic mass is 16.6. The van der Waals surface area contributed by atoms with Crippen LogP contribution in [0.3, 0.4) is 0 Å². The van der Waals surface area contributed by atoms with Crippen LogP contribution in [0.4, 0.5) is 0 Å². The largest absolute Gasteiger partial charge is 0.454 e. The van der Waals surface area contributed by atoms with E-state index in [1.807, 2.05) is 6.07 Å². The van der Waals surface area contributed by atoms with Gasteiger partial charge in [-0.2, -0.15) is 5.26 Å². The van der Waals surface area contributed by atoms with Gasteiger partial charge in [-0.15, -0.1) is 0 Å². The molecule has 18 heavy (non-hydrogen) atoms. The van der Waals surface area contributed by atoms with Gasteiger partial charge >= 0.3 is 5.97 Å². The van der Waals surface area contributed by atoms with Crippen LogP contribution in [0.1, 0.15) is 18.1 Å². The van der Waals surface area contributed by atoms with Crippen molar-refractivity contribution in [3.63, 3.8) is 0 Å². The first-order valence-corrected chi connectivity index (χ1v) is 5.01. The van der Waals surface area contributed by atoms with Crippen LogP contribution in [0, 0.1) is 21.4 Å². The quantitative estimate of drug-likeness (QED) is 0.458. The zero-order valence-electron chi connectivity index (χ0n) is 9.62. The van der Waals surface area contributed by atoms with E-state index >= 15 is 0 Å². The van der Waals surface area contributed by atoms with Gasteiger partial charge in [-0.3, -0.25) is 14.9 Å². The highest BCUT2D eigenvalue weighted by Crippen LogP contribution is 2.09. The van der Waals surface area contributed by atoms with E-state index in [-0.39, 0.29) is 12.3 Å². The number of benzene rings is 1. The number of hydrogen-bond donors (Lipinski definition) is 0. The minimum absolute atomic E-state index is 0.227. The SMILES string of the molecule is CC(=O)OC/C(=C\c1ccc(C#N)cc1)[N+](=O)[O-]. The summed E-state index contributed by atoms with van der Waals surface area (Å²) in [6.07, 6.45) is 1.30. The van der Waals surface area contributed by atoms with Gasteiger partial charge in [-0.25, -0.2) is 0 Å². The van der Waals surface area contributed by atoms with Gasteiger partial charge in [0.2, 0.25) is 0 Å². The third kappa shape index (κ3) is 4.06. The Morgan fingerprint density at radius 3 is 2.56 bits per heavy atom. The number of carbonyl (C=O) groups is 1. The smallest absolute Gasteiger partial charge is 0.303 e. The zero-order valence-corrected chi connectivity index (χ0v) is 9.62. The number of ether oxygens (including phenoxy) is 1. The van der Waals surface area contributed by atoms with Crippen LogP contribution in [0.2, 0.25) is 0 Å². The molecule has 0 saturated carbocycles. The molecule has 0 unspecified atom stereocenters. The molecular formula is C12H10N2O4. The Labute approximate surface area is 103 Å². The average molecular weight is 246 g/mol. The summed E-state index contributed by atoms with van der Waals surface area (Å²) in [7, 11) is 0. The van der Waals surface area contributed by atoms with Crippen molar-refractivity contribution in [2.24, 2.45) is 0 Å². The molecule has 0 aromatic heterocycles. The molecule has 1 aromatic carbocycles. The van der Waals surface area contributed by atoms with Crippen molar-refractivity contribution in [2.75, 3.05) is 6.61 Å². The first kappa shape index (κ1) is 13.4. The average Bonchev–Trinajstić information content (AvgIpc) is 2.34. The zero-order chi connectivity index (χ0) is 13.5. The normalized spacial score (nSPS) is 10.6. The Morgan fingerprint density at radius 1 is 1.50 bits per heavy atom. The summed E-state index contributed by atoms with van der Waals surface area (Å²) < 4.78 is 4.58. The molecule has 1 aromatic rings. The fourth-order valence-corrected chi connectivity index (χ4v) is 1.17. The van der Waals surface area contributed by atoms with E-state index in [4.69, 9.17) is 5.26 Å². The topological polar surface area (TPSA) is 93.2 Å². The summed E-state index contributed by atoms with van der Waals surface area (Å²) in [5.74, 6) is -0.581. The van der Waals surface area contributed by atoms with Crippen molar-refractivity contribution in [1.82, 2.24) is 0 Å². The monoisotopic (exact) mass is 246 g/mol. The second-order valence-corrected chi connectivity index (χ2v) is 3.41. The molecule has 0 atom stereocenters. The number of esters is 1. The van der Waals surface area contributed by atoms with Gasteiger partial charge in [0.1, 0.15) is 0 Å². The molecule has 0 amide bonds. The predicted molar refractivity (Wildman–Crippen MR) is 62.8 cm³/mol. The van der Waals surface area contributed by atoms with Crippen molar-refractivity contribution in [2.45, 2.75) is 6.92 Å². The highest BCUT2D eigenvalue weighted by Gasteiger charge is 2.12. The molecule has 0 radical (unpaired) electrons. The minimum Gasteiger partial charge on any atom is -0.454 e. The number of nitro groups is 1. The lowest BCUT2D eigenvalue weighted by Crippen LogP contribution is -2.09. The van der Waals surface area contributed by atoms with Crippen LogP contribution in [0.5, 0.6) is 0 Å². The standard InChI is InChI=1S/C12H10N2O4/c1-9(15)18-8-12(14(16)17)6-10-2-4-11(7-13)5-3-10/h2-6H,8H2,1H3/b12-6+. The third-order valence-corrected chi connectivity index (χ3v) is 2.03. The molecule has 0 heterocycles. The third-order valence-electron chi connectivity index (χ3n) is 2.03. The molecule has 0 aliphatic carbocycles. The number of hydrogen-bond acceptors (Lipinski definition) is 5. The number of carbonyl (C=O) groups excluding carboxylic acids is 1. The van der Waals surface area contributed by atoms with Crippen LogP contribution in [-0.4, -0.2) is 17.5 Å². The molecular weight excluding hydrogens is 236 g/mol. The summed E-state index contributed by atoms with van der Waals surface area (Å²) >= 11 is 0. The second kappa shape index (κ2) is 6.15. The Bertz CT molecular complexity index is 526. The van der Waals surface area contributed by atoms with E-state index in [0.29, 0.717) is 11.1 Å². The van der Waals surface area contributed by atoms with Gasteiger partial charge in [0, 0.05) is 13.0 Å². The van der Waals surface area contributed by atoms with Crippen molar-refractivity contribution in [3.05, 3.63) is 51.2 Å². The minimum atomic E-state index is -0.610. The first-order chi connectivity index (χ1) is 8.52. The Hall–Kier alpha value is -2.68. The summed E-state index contributed by atoms with van der Waals surface area (Å²) in [5.41, 5.74) is 0.803. The summed E-state index contributed by atoms with van der Waals surface area (Å²) in [4.78, 5) is 20.7. The lowest BCUT2D eigenvalue weighted by molar-refractivity contribution is -0.428. The predicted octanol–water partition coefficient (Wildman–Crippen LogP) is 1.74. The lowest BCUT2D eigenvalue weighted by atomic mass is 10.1. The Kier molecular flexibility index (Phi) is 4.58. The van der Waals surface area contributed by atoms with Gasteiger partial charge < -0.3 is 4.74 Å². The van der Waals surface area contributed by atoms with E-state index in [1.165, 1.54) is 13.0 Å². The van der Waals surface area contributed by atoms with Crippen molar-refractivity contribution in [1.29, 1.82) is 5.26 Å². The summed E-state index contributed by atoms with van der Waals surface area (Å²) in [6, 6.07) is 8.21. The number of nitriles is 1. The van der Waals surface area contributed by atoms with Crippen LogP contribution >= 0.6 is 0 Å². The van der Waals surface area contributed by atoms with Crippen molar-refractivity contribution in [3.8, 4) is 6.07 Å². The molecule has 6 nitrogen and oxygen atoms in total. The lowest BCUT2D eigenvalue weighted by Gasteiger charge is -2.00. The maximum absolute atomic E-state index is 10.7. The fourth-order valence-electron chi connectivity index (χ4n) is 1.17. The summed E-state index contributed by atoms with van der Waals surface area (Å²) in [5, 5.41) is 19.3. The molecule has 0 aliphatic heterocycles. The molecule has 6 heteroatoms. The van der Waals surface area contributed by atoms with Crippen LogP contribution in [0.25, 0.3) is 6.08 Å². The first-order valence-electron chi connectivity index (χ1n) is 5.01. The Morgan fingerprint density at radius 2 is 2.11 bits per heavy atom. The number of rotatable bonds is 4. The van der Waals surface area contributed by atoms with E-state index in [2.05, 4.69) is 4.74 Å². The molecule has 1 rings (SSSR count). The van der Waals surface area contributed by atoms with E-state index in [9.17, 15) is 14.9 Å². The molecule has 0 saturated heterocycles. The molecule has 0 N–H and O–H groups in total. The van der Waals surface area contributed by atoms with Gasteiger partial charge in [0.05, 0.1) is 16.6 Å². The highest BCUT2D eigenvalue weighted by molar-refractivity contribution is 5.66. The maximum atomic E-state index is 10.7. The fraction of sp³-hybridized carbons (Fsp3) is 0.167. The second-order valence-electron chi connectivity index (χ2n) is 3.41. The van der Waals surface area contributed by atoms with Gasteiger partial charge in [-0.05, 0) is 17.7 Å². The van der Waals surface area contributed by atoms with Gasteiger partial charge in [-0.1, -0.05) is 12.1 Å². The van der Waals surface area contributed by atoms with Gasteiger partial charge in [0.15, 0.2) is 6.61 Å². The maximum Gasteiger partial charge on any atom is 0.303 e. The summed E-state index contributed by atoms with van der Waals surface area (Å²) in [6.45, 7) is 0.793. The molecule has 0 bridgehead atoms. The van der Waals surface area contributed by atoms with E-state index in [0.717, 1.165) is 0 Å². The molecule has 0 spiro atoms. The molecule has 92 valence electrons. The van der Waals surface area contributed by atoms with Gasteiger partial charge in [0.25, 0.3) is 5.70 Å². The molecule has 0 aliphatic rings. The van der Waals surface area contributed by atoms with E-state index < -0.39 is 10.9 Å². The molecule has 0 fully saturated rings. The Balaban J connectivity index is 2.90. The van der Waals surface area contributed by atoms with Crippen LogP contribution in [0.15, 0.2) is 30.0 Å². The van der Waals surface area contributed by atoms with Crippen LogP contribution < -0.4 is 0 Å². The van der Waals surface area contributed by atoms with Crippen molar-refractivity contribution < 1.29 is 14.5 Å². The number of nitrogens with zero attached hydrogens (tertiary/aromatic N) is 2.